The Morgan fingerprint density at radius 2 is 0.655 bits per heavy atom. The van der Waals surface area contributed by atoms with Gasteiger partial charge in [0.15, 0.2) is 0 Å². The van der Waals surface area contributed by atoms with E-state index in [2.05, 4.69) is 209 Å². The Morgan fingerprint density at radius 3 is 0.964 bits per heavy atom. The third-order valence-electron chi connectivity index (χ3n) is 16.6. The standard InChI is InChI=1S/C75H84N4O4.Zn/c1-38(2)48-32-53(41(7)8)68(54(33-48)42(9)10)71-62-25-23-60(76-62)52(22-20-47-19-21-51(74(80)81)59(31-47)75(82)83)61-24-26-63(77-61)72(69-55(43(11)12)34-49(39(3)4)35-56(69)44(13)14)65-28-30-67(79-65)73(66-29-27-64(71)78-66)70-57(45(15)16)36-50(40(5)6)37-58(70)46(17)18;/h19,21,23-46H,1-18H3,(H4,76,77,78,79,80,81,82,83);/q;+2/p-2. The molecule has 8 nitrogen and oxygen atoms in total. The van der Waals surface area contributed by atoms with Gasteiger partial charge in [-0.3, -0.25) is 0 Å². The van der Waals surface area contributed by atoms with Crippen molar-refractivity contribution in [3.63, 3.8) is 0 Å². The predicted molar refractivity (Wildman–Crippen MR) is 346 cm³/mol. The minimum Gasteiger partial charge on any atom is -0.657 e. The van der Waals surface area contributed by atoms with Gasteiger partial charge in [0.05, 0.1) is 33.9 Å². The van der Waals surface area contributed by atoms with Crippen molar-refractivity contribution in [1.29, 1.82) is 0 Å². The van der Waals surface area contributed by atoms with Crippen molar-refractivity contribution in [2.45, 2.75) is 178 Å². The van der Waals surface area contributed by atoms with Crippen LogP contribution in [-0.4, -0.2) is 32.1 Å². The third-order valence-corrected chi connectivity index (χ3v) is 16.6. The number of carbonyl (C=O) groups is 2. The molecule has 2 aliphatic rings. The molecule has 4 aromatic carbocycles. The van der Waals surface area contributed by atoms with Gasteiger partial charge in [0.25, 0.3) is 0 Å². The molecule has 0 amide bonds. The van der Waals surface area contributed by atoms with Gasteiger partial charge in [-0.1, -0.05) is 197 Å². The summed E-state index contributed by atoms with van der Waals surface area (Å²) in [5.41, 5.74) is 23.5. The molecule has 2 N–H and O–H groups in total. The fourth-order valence-electron chi connectivity index (χ4n) is 11.8. The summed E-state index contributed by atoms with van der Waals surface area (Å²) in [7, 11) is 0. The molecule has 0 saturated heterocycles. The van der Waals surface area contributed by atoms with Gasteiger partial charge < -0.3 is 20.2 Å². The summed E-state index contributed by atoms with van der Waals surface area (Å²) in [6, 6.07) is 26.9. The van der Waals surface area contributed by atoms with Crippen LogP contribution in [0.4, 0.5) is 0 Å². The largest absolute Gasteiger partial charge is 2.00 e. The van der Waals surface area contributed by atoms with Crippen LogP contribution in [0.1, 0.15) is 283 Å². The van der Waals surface area contributed by atoms with E-state index in [4.69, 9.17) is 19.9 Å². The summed E-state index contributed by atoms with van der Waals surface area (Å²) < 4.78 is 0. The fraction of sp³-hybridized carbons (Fsp3) is 0.360. The number of aromatic carboxylic acids is 2. The molecule has 0 atom stereocenters. The molecule has 0 unspecified atom stereocenters. The second-order valence-electron chi connectivity index (χ2n) is 25.6. The van der Waals surface area contributed by atoms with Crippen LogP contribution in [0.25, 0.3) is 79.8 Å². The van der Waals surface area contributed by atoms with Crippen LogP contribution < -0.4 is 9.97 Å². The summed E-state index contributed by atoms with van der Waals surface area (Å²) in [6.45, 7) is 40.9. The van der Waals surface area contributed by atoms with Crippen LogP contribution in [0.3, 0.4) is 0 Å². The zero-order chi connectivity index (χ0) is 60.2. The summed E-state index contributed by atoms with van der Waals surface area (Å²) in [5, 5.41) is 20.1. The van der Waals surface area contributed by atoms with E-state index in [0.29, 0.717) is 40.1 Å². The number of nitrogens with zero attached hydrogens (tertiary/aromatic N) is 4. The Morgan fingerprint density at radius 1 is 0.357 bits per heavy atom. The number of carboxylic acid groups (broad SMARTS) is 2. The van der Waals surface area contributed by atoms with E-state index in [0.717, 1.165) is 61.4 Å². The number of hydrogen-bond donors (Lipinski definition) is 2. The molecule has 9 heteroatoms. The Hall–Kier alpha value is -7.40. The molecule has 9 rings (SSSR count). The van der Waals surface area contributed by atoms with E-state index in [-0.39, 0.29) is 66.1 Å². The first kappa shape index (κ1) is 62.6. The van der Waals surface area contributed by atoms with Gasteiger partial charge in [0.2, 0.25) is 0 Å². The van der Waals surface area contributed by atoms with Crippen LogP contribution in [0.5, 0.6) is 0 Å². The van der Waals surface area contributed by atoms with Crippen molar-refractivity contribution < 1.29 is 39.3 Å². The predicted octanol–water partition coefficient (Wildman–Crippen LogP) is 19.8. The summed E-state index contributed by atoms with van der Waals surface area (Å²) in [6.07, 6.45) is 8.44. The second-order valence-corrected chi connectivity index (χ2v) is 25.6. The molecule has 428 valence electrons. The average Bonchev–Trinajstić information content (AvgIpc) is 1.81. The Labute approximate surface area is 511 Å². The van der Waals surface area contributed by atoms with Gasteiger partial charge in [-0.2, -0.15) is 0 Å². The molecule has 84 heavy (non-hydrogen) atoms. The van der Waals surface area contributed by atoms with E-state index in [1.807, 2.05) is 12.1 Å². The number of carboxylic acids is 2. The first-order valence-electron chi connectivity index (χ1n) is 30.0. The van der Waals surface area contributed by atoms with Crippen molar-refractivity contribution >= 4 is 58.3 Å². The average molecular weight is 1170 g/mol. The Balaban J connectivity index is 0.00000920. The quantitative estimate of drug-likeness (QED) is 0.0814. The van der Waals surface area contributed by atoms with Crippen molar-refractivity contribution in [3.05, 3.63) is 174 Å². The summed E-state index contributed by atoms with van der Waals surface area (Å²) in [4.78, 5) is 47.6. The zero-order valence-corrected chi connectivity index (χ0v) is 55.7. The molecule has 8 bridgehead atoms. The fourth-order valence-corrected chi connectivity index (χ4v) is 11.8. The first-order valence-corrected chi connectivity index (χ1v) is 30.0. The monoisotopic (exact) mass is 1170 g/mol. The van der Waals surface area contributed by atoms with Crippen LogP contribution >= 0.6 is 0 Å². The van der Waals surface area contributed by atoms with E-state index in [1.54, 1.807) is 6.07 Å². The molecule has 0 fully saturated rings. The molecule has 0 saturated carbocycles. The number of rotatable bonds is 14. The molecule has 2 aliphatic heterocycles. The van der Waals surface area contributed by atoms with Crippen LogP contribution in [0.15, 0.2) is 78.9 Å². The number of fused-ring (bicyclic) bond motifs is 8. The van der Waals surface area contributed by atoms with E-state index in [1.165, 1.54) is 67.8 Å². The van der Waals surface area contributed by atoms with Gasteiger partial charge >= 0.3 is 31.4 Å². The molecule has 0 radical (unpaired) electrons. The molecular weight excluding hydrogens is 1090 g/mol. The minimum absolute atomic E-state index is 0. The van der Waals surface area contributed by atoms with Crippen molar-refractivity contribution in [2.24, 2.45) is 0 Å². The summed E-state index contributed by atoms with van der Waals surface area (Å²) >= 11 is 0. The maximum atomic E-state index is 12.5. The van der Waals surface area contributed by atoms with E-state index in [9.17, 15) is 19.8 Å². The maximum Gasteiger partial charge on any atom is 2.00 e. The van der Waals surface area contributed by atoms with Crippen LogP contribution in [0, 0.1) is 11.8 Å². The SMILES string of the molecule is CC(C)c1cc(C(C)C)c(-c2c3nc(c(-c4c(C(C)C)cc(C(C)C)cc4C(C)C)c4ccc([n-]4)c(-c4c(C(C)C)cc(C(C)C)cc4C(C)C)c4nc(c(C#Cc5ccc(C(=O)O)c(C(=O)O)c5)c5ccc2[n-]5)C=C4)C=C3)c(C(C)C)c1.[Zn+2]. The van der Waals surface area contributed by atoms with Gasteiger partial charge in [-0.25, -0.2) is 19.6 Å². The number of aromatic nitrogens is 4. The van der Waals surface area contributed by atoms with Crippen LogP contribution in [-0.2, 0) is 19.5 Å². The molecule has 0 aliphatic carbocycles. The maximum absolute atomic E-state index is 12.5. The zero-order valence-electron chi connectivity index (χ0n) is 52.7. The topological polar surface area (TPSA) is 129 Å². The molecule has 0 spiro atoms. The van der Waals surface area contributed by atoms with Crippen molar-refractivity contribution in [1.82, 2.24) is 19.9 Å². The van der Waals surface area contributed by atoms with Gasteiger partial charge in [-0.15, -0.1) is 22.1 Å². The smallest absolute Gasteiger partial charge is 0.657 e. The number of hydrogen-bond acceptors (Lipinski definition) is 4. The van der Waals surface area contributed by atoms with E-state index < -0.39 is 11.9 Å². The third kappa shape index (κ3) is 12.1. The van der Waals surface area contributed by atoms with Crippen molar-refractivity contribution in [2.75, 3.05) is 0 Å². The first-order chi connectivity index (χ1) is 39.2. The van der Waals surface area contributed by atoms with Crippen LogP contribution in [0.2, 0.25) is 0 Å². The molecular formula is C75H82N4O4Zn. The molecule has 5 heterocycles. The Kier molecular flexibility index (Phi) is 18.7. The van der Waals surface area contributed by atoms with Gasteiger partial charge in [0.1, 0.15) is 0 Å². The molecule has 7 aromatic rings. The van der Waals surface area contributed by atoms with Gasteiger partial charge in [-0.05, 0) is 179 Å². The van der Waals surface area contributed by atoms with Gasteiger partial charge in [0, 0.05) is 11.1 Å². The normalized spacial score (nSPS) is 12.3. The minimum atomic E-state index is -1.35. The Bertz CT molecular complexity index is 3890. The van der Waals surface area contributed by atoms with E-state index >= 15 is 0 Å². The van der Waals surface area contributed by atoms with Crippen molar-refractivity contribution in [3.8, 4) is 45.2 Å². The second kappa shape index (κ2) is 25.1. The molecule has 3 aromatic heterocycles. The number of benzene rings is 4. The summed E-state index contributed by atoms with van der Waals surface area (Å²) in [5.74, 6) is 5.86.